The molecule has 0 aliphatic heterocycles. The van der Waals surface area contributed by atoms with Gasteiger partial charge in [-0.3, -0.25) is 0 Å². The number of nitrogens with zero attached hydrogens (tertiary/aromatic N) is 1. The summed E-state index contributed by atoms with van der Waals surface area (Å²) in [6.07, 6.45) is 5.25. The fourth-order valence-corrected chi connectivity index (χ4v) is 1.43. The van der Waals surface area contributed by atoms with E-state index in [1.165, 1.54) is 11.8 Å². The molecular weight excluding hydrogens is 198 g/mol. The van der Waals surface area contributed by atoms with Gasteiger partial charge in [0, 0.05) is 18.2 Å². The average Bonchev–Trinajstić information content (AvgIpc) is 2.30. The highest BCUT2D eigenvalue weighted by Crippen LogP contribution is 2.07. The monoisotopic (exact) mass is 211 g/mol. The van der Waals surface area contributed by atoms with Crippen LogP contribution < -0.4 is 4.73 Å². The predicted molar refractivity (Wildman–Crippen MR) is 65.5 cm³/mol. The van der Waals surface area contributed by atoms with Crippen LogP contribution in [0.5, 0.6) is 0 Å². The second-order valence-electron chi connectivity index (χ2n) is 3.70. The minimum absolute atomic E-state index is 0.642. The molecule has 0 saturated heterocycles. The number of aryl methyl sites for hydroxylation is 1. The average molecular weight is 211 g/mol. The molecule has 16 heavy (non-hydrogen) atoms. The van der Waals surface area contributed by atoms with Gasteiger partial charge in [0.05, 0.1) is 0 Å². The second-order valence-corrected chi connectivity index (χ2v) is 3.70. The van der Waals surface area contributed by atoms with Crippen molar-refractivity contribution in [2.24, 2.45) is 0 Å². The predicted octanol–water partition coefficient (Wildman–Crippen LogP) is 2.80. The van der Waals surface area contributed by atoms with E-state index in [1.807, 2.05) is 30.4 Å². The summed E-state index contributed by atoms with van der Waals surface area (Å²) in [7, 11) is 0. The summed E-state index contributed by atoms with van der Waals surface area (Å²) in [6, 6.07) is 13.5. The lowest BCUT2D eigenvalue weighted by atomic mass is 10.1. The van der Waals surface area contributed by atoms with E-state index in [9.17, 15) is 5.21 Å². The summed E-state index contributed by atoms with van der Waals surface area (Å²) in [4.78, 5) is 0. The molecule has 0 amide bonds. The molecule has 0 aliphatic rings. The van der Waals surface area contributed by atoms with Gasteiger partial charge in [-0.1, -0.05) is 29.8 Å². The molecule has 2 aromatic rings. The van der Waals surface area contributed by atoms with Crippen molar-refractivity contribution in [2.75, 3.05) is 0 Å². The van der Waals surface area contributed by atoms with Crippen LogP contribution in [0.4, 0.5) is 0 Å². The smallest absolute Gasteiger partial charge is 0.216 e. The van der Waals surface area contributed by atoms with Crippen LogP contribution in [-0.2, 0) is 0 Å². The van der Waals surface area contributed by atoms with Crippen molar-refractivity contribution in [2.45, 2.75) is 6.92 Å². The van der Waals surface area contributed by atoms with Crippen molar-refractivity contribution in [1.29, 1.82) is 0 Å². The van der Waals surface area contributed by atoms with Crippen LogP contribution in [0, 0.1) is 12.1 Å². The second kappa shape index (κ2) is 4.62. The Morgan fingerprint density at radius 3 is 2.44 bits per heavy atom. The maximum absolute atomic E-state index is 11.4. The van der Waals surface area contributed by atoms with Crippen LogP contribution >= 0.6 is 0 Å². The lowest BCUT2D eigenvalue weighted by molar-refractivity contribution is -0.607. The molecule has 1 aromatic carbocycles. The Labute approximate surface area is 95.1 Å². The zero-order chi connectivity index (χ0) is 11.4. The molecule has 0 N–H and O–H groups in total. The summed E-state index contributed by atoms with van der Waals surface area (Å²) in [5.74, 6) is 0. The minimum atomic E-state index is 0.642. The lowest BCUT2D eigenvalue weighted by Crippen LogP contribution is -2.28. The molecule has 0 saturated carbocycles. The highest BCUT2D eigenvalue weighted by molar-refractivity contribution is 5.66. The van der Waals surface area contributed by atoms with Crippen LogP contribution in [-0.4, -0.2) is 0 Å². The van der Waals surface area contributed by atoms with E-state index in [4.69, 9.17) is 0 Å². The summed E-state index contributed by atoms with van der Waals surface area (Å²) in [6.45, 7) is 2.05. The summed E-state index contributed by atoms with van der Waals surface area (Å²) in [5, 5.41) is 11.4. The Kier molecular flexibility index (Phi) is 3.01. The highest BCUT2D eigenvalue weighted by Gasteiger charge is 1.96. The first-order valence-electron chi connectivity index (χ1n) is 5.19. The van der Waals surface area contributed by atoms with Gasteiger partial charge < -0.3 is 5.21 Å². The molecule has 80 valence electrons. The molecule has 1 aromatic heterocycles. The van der Waals surface area contributed by atoms with Crippen molar-refractivity contribution in [3.05, 3.63) is 70.7 Å². The molecule has 2 heteroatoms. The van der Waals surface area contributed by atoms with Crippen LogP contribution in [0.25, 0.3) is 12.2 Å². The van der Waals surface area contributed by atoms with Gasteiger partial charge in [0.25, 0.3) is 0 Å². The number of hydrogen-bond acceptors (Lipinski definition) is 1. The summed E-state index contributed by atoms with van der Waals surface area (Å²) >= 11 is 0. The number of pyridine rings is 1. The van der Waals surface area contributed by atoms with E-state index in [1.54, 1.807) is 12.1 Å². The van der Waals surface area contributed by atoms with Gasteiger partial charge in [-0.2, -0.15) is 4.73 Å². The Morgan fingerprint density at radius 2 is 1.75 bits per heavy atom. The quantitative estimate of drug-likeness (QED) is 0.554. The third kappa shape index (κ3) is 2.48. The van der Waals surface area contributed by atoms with Crippen molar-refractivity contribution in [3.8, 4) is 0 Å². The molecular formula is C14H13NO. The van der Waals surface area contributed by atoms with Gasteiger partial charge in [0.1, 0.15) is 0 Å². The van der Waals surface area contributed by atoms with Crippen molar-refractivity contribution in [1.82, 2.24) is 0 Å². The standard InChI is InChI=1S/C14H13NO/c1-12-5-7-13(8-6-12)9-10-14-4-2-3-11-15(14)16/h2-11H,1H3/b10-9+. The Morgan fingerprint density at radius 1 is 1.00 bits per heavy atom. The Balaban J connectivity index is 2.21. The molecule has 0 aliphatic carbocycles. The van der Waals surface area contributed by atoms with Crippen molar-refractivity contribution < 1.29 is 4.73 Å². The first kappa shape index (κ1) is 10.4. The molecule has 0 spiro atoms. The number of aromatic nitrogens is 1. The normalized spacial score (nSPS) is 10.8. The van der Waals surface area contributed by atoms with E-state index in [0.717, 1.165) is 10.3 Å². The fourth-order valence-electron chi connectivity index (χ4n) is 1.43. The van der Waals surface area contributed by atoms with Gasteiger partial charge in [-0.25, -0.2) is 0 Å². The van der Waals surface area contributed by atoms with E-state index in [0.29, 0.717) is 5.69 Å². The zero-order valence-corrected chi connectivity index (χ0v) is 9.13. The Bertz CT molecular complexity index is 500. The molecule has 1 heterocycles. The third-order valence-electron chi connectivity index (χ3n) is 2.38. The lowest BCUT2D eigenvalue weighted by Gasteiger charge is -1.98. The van der Waals surface area contributed by atoms with Crippen molar-refractivity contribution >= 4 is 12.2 Å². The maximum atomic E-state index is 11.4. The van der Waals surface area contributed by atoms with E-state index in [2.05, 4.69) is 19.1 Å². The summed E-state index contributed by atoms with van der Waals surface area (Å²) < 4.78 is 0.852. The van der Waals surface area contributed by atoms with Crippen LogP contribution in [0.15, 0.2) is 48.7 Å². The molecule has 2 nitrogen and oxygen atoms in total. The van der Waals surface area contributed by atoms with E-state index >= 15 is 0 Å². The SMILES string of the molecule is Cc1ccc(/C=C/c2cccc[n+]2[O-])cc1. The van der Waals surface area contributed by atoms with E-state index in [-0.39, 0.29) is 0 Å². The molecule has 0 radical (unpaired) electrons. The first-order valence-corrected chi connectivity index (χ1v) is 5.19. The summed E-state index contributed by atoms with van der Waals surface area (Å²) in [5.41, 5.74) is 2.97. The van der Waals surface area contributed by atoms with Crippen LogP contribution in [0.1, 0.15) is 16.8 Å². The fraction of sp³-hybridized carbons (Fsp3) is 0.0714. The number of benzene rings is 1. The third-order valence-corrected chi connectivity index (χ3v) is 2.38. The highest BCUT2D eigenvalue weighted by atomic mass is 16.5. The Hall–Kier alpha value is -2.09. The number of rotatable bonds is 2. The molecule has 0 bridgehead atoms. The molecule has 0 fully saturated rings. The molecule has 0 atom stereocenters. The number of hydrogen-bond donors (Lipinski definition) is 0. The van der Waals surface area contributed by atoms with Gasteiger partial charge in [0.2, 0.25) is 5.69 Å². The largest absolute Gasteiger partial charge is 0.618 e. The molecule has 2 rings (SSSR count). The van der Waals surface area contributed by atoms with Gasteiger partial charge in [0.15, 0.2) is 6.20 Å². The maximum Gasteiger partial charge on any atom is 0.216 e. The van der Waals surface area contributed by atoms with Gasteiger partial charge >= 0.3 is 0 Å². The van der Waals surface area contributed by atoms with Gasteiger partial charge in [-0.15, -0.1) is 0 Å². The topological polar surface area (TPSA) is 26.9 Å². The zero-order valence-electron chi connectivity index (χ0n) is 9.13. The first-order chi connectivity index (χ1) is 7.75. The minimum Gasteiger partial charge on any atom is -0.618 e. The molecule has 0 unspecified atom stereocenters. The van der Waals surface area contributed by atoms with Crippen LogP contribution in [0.3, 0.4) is 0 Å². The van der Waals surface area contributed by atoms with Crippen molar-refractivity contribution in [3.63, 3.8) is 0 Å². The van der Waals surface area contributed by atoms with E-state index < -0.39 is 0 Å². The van der Waals surface area contributed by atoms with Crippen LogP contribution in [0.2, 0.25) is 0 Å². The van der Waals surface area contributed by atoms with Gasteiger partial charge in [-0.05, 0) is 24.6 Å².